The Labute approximate surface area is 99.6 Å². The molecule has 0 bridgehead atoms. The van der Waals surface area contributed by atoms with Crippen molar-refractivity contribution in [2.75, 3.05) is 0 Å². The van der Waals surface area contributed by atoms with E-state index in [1.54, 1.807) is 6.20 Å². The molecule has 3 rings (SSSR count). The van der Waals surface area contributed by atoms with E-state index in [0.717, 1.165) is 12.1 Å². The van der Waals surface area contributed by atoms with Gasteiger partial charge in [0.1, 0.15) is 0 Å². The standard InChI is InChI=1S/C13H14N2O2/c1-8-6-10-11(8)13(17)15(12(10)16)7-9-4-2-3-5-14-9/h2-5,8,10-11H,6-7H2,1H3/t8-,10-,11+/m1/s1. The van der Waals surface area contributed by atoms with Crippen LogP contribution in [0.3, 0.4) is 0 Å². The second-order valence-corrected chi connectivity index (χ2v) is 4.93. The van der Waals surface area contributed by atoms with Crippen LogP contribution in [0.5, 0.6) is 0 Å². The molecule has 0 spiro atoms. The van der Waals surface area contributed by atoms with Crippen molar-refractivity contribution >= 4 is 11.8 Å². The molecule has 1 aromatic heterocycles. The number of aromatic nitrogens is 1. The Morgan fingerprint density at radius 2 is 2.18 bits per heavy atom. The molecule has 2 heterocycles. The molecule has 2 amide bonds. The topological polar surface area (TPSA) is 50.3 Å². The van der Waals surface area contributed by atoms with Gasteiger partial charge in [-0.25, -0.2) is 0 Å². The minimum absolute atomic E-state index is 0.00981. The van der Waals surface area contributed by atoms with Gasteiger partial charge in [-0.3, -0.25) is 19.5 Å². The first-order valence-electron chi connectivity index (χ1n) is 5.93. The summed E-state index contributed by atoms with van der Waals surface area (Å²) in [5.74, 6) is 0.214. The van der Waals surface area contributed by atoms with Gasteiger partial charge in [0, 0.05) is 6.20 Å². The summed E-state index contributed by atoms with van der Waals surface area (Å²) in [6.45, 7) is 2.36. The van der Waals surface area contributed by atoms with E-state index in [2.05, 4.69) is 4.98 Å². The number of nitrogens with zero attached hydrogens (tertiary/aromatic N) is 2. The summed E-state index contributed by atoms with van der Waals surface area (Å²) in [6.07, 6.45) is 2.53. The van der Waals surface area contributed by atoms with E-state index in [1.807, 2.05) is 25.1 Å². The second-order valence-electron chi connectivity index (χ2n) is 4.93. The molecule has 1 aliphatic heterocycles. The van der Waals surface area contributed by atoms with Gasteiger partial charge in [-0.05, 0) is 24.5 Å². The maximum atomic E-state index is 12.1. The molecular formula is C13H14N2O2. The van der Waals surface area contributed by atoms with Gasteiger partial charge in [-0.2, -0.15) is 0 Å². The summed E-state index contributed by atoms with van der Waals surface area (Å²) in [5.41, 5.74) is 0.767. The molecule has 0 aromatic carbocycles. The molecule has 0 radical (unpaired) electrons. The lowest BCUT2D eigenvalue weighted by atomic mass is 9.67. The van der Waals surface area contributed by atoms with Crippen LogP contribution < -0.4 is 0 Å². The Morgan fingerprint density at radius 3 is 2.76 bits per heavy atom. The van der Waals surface area contributed by atoms with Crippen molar-refractivity contribution in [3.8, 4) is 0 Å². The fraction of sp³-hybridized carbons (Fsp3) is 0.462. The predicted octanol–water partition coefficient (Wildman–Crippen LogP) is 1.22. The number of pyridine rings is 1. The average molecular weight is 230 g/mol. The zero-order valence-corrected chi connectivity index (χ0v) is 9.67. The van der Waals surface area contributed by atoms with E-state index >= 15 is 0 Å². The summed E-state index contributed by atoms with van der Waals surface area (Å²) >= 11 is 0. The first-order valence-corrected chi connectivity index (χ1v) is 5.93. The Bertz CT molecular complexity index is 472. The van der Waals surface area contributed by atoms with E-state index in [9.17, 15) is 9.59 Å². The highest BCUT2D eigenvalue weighted by molar-refractivity contribution is 6.06. The number of fused-ring (bicyclic) bond motifs is 1. The third-order valence-electron chi connectivity index (χ3n) is 3.85. The quantitative estimate of drug-likeness (QED) is 0.718. The van der Waals surface area contributed by atoms with Gasteiger partial charge in [0.05, 0.1) is 24.1 Å². The van der Waals surface area contributed by atoms with Crippen molar-refractivity contribution in [2.45, 2.75) is 19.9 Å². The first-order chi connectivity index (χ1) is 8.18. The van der Waals surface area contributed by atoms with Crippen LogP contribution in [0.4, 0.5) is 0 Å². The number of imide groups is 1. The number of likely N-dealkylation sites (tertiary alicyclic amines) is 1. The van der Waals surface area contributed by atoms with Gasteiger partial charge in [0.25, 0.3) is 0 Å². The summed E-state index contributed by atoms with van der Waals surface area (Å²) in [5, 5.41) is 0. The molecule has 17 heavy (non-hydrogen) atoms. The van der Waals surface area contributed by atoms with Gasteiger partial charge >= 0.3 is 0 Å². The fourth-order valence-corrected chi connectivity index (χ4v) is 2.86. The lowest BCUT2D eigenvalue weighted by Crippen LogP contribution is -2.36. The maximum absolute atomic E-state index is 12.1. The number of rotatable bonds is 2. The van der Waals surface area contributed by atoms with Crippen LogP contribution in [0.2, 0.25) is 0 Å². The van der Waals surface area contributed by atoms with E-state index in [0.29, 0.717) is 12.5 Å². The molecule has 1 saturated carbocycles. The Hall–Kier alpha value is -1.71. The molecule has 0 N–H and O–H groups in total. The Morgan fingerprint density at radius 1 is 1.35 bits per heavy atom. The van der Waals surface area contributed by atoms with Crippen molar-refractivity contribution in [3.05, 3.63) is 30.1 Å². The number of hydrogen-bond donors (Lipinski definition) is 0. The van der Waals surface area contributed by atoms with Crippen LogP contribution in [0, 0.1) is 17.8 Å². The van der Waals surface area contributed by atoms with Crippen molar-refractivity contribution < 1.29 is 9.59 Å². The minimum Gasteiger partial charge on any atom is -0.276 e. The van der Waals surface area contributed by atoms with E-state index in [-0.39, 0.29) is 23.7 Å². The summed E-state index contributed by atoms with van der Waals surface area (Å²) < 4.78 is 0. The van der Waals surface area contributed by atoms with E-state index in [4.69, 9.17) is 0 Å². The highest BCUT2D eigenvalue weighted by Crippen LogP contribution is 2.47. The first kappa shape index (κ1) is 10.4. The number of hydrogen-bond acceptors (Lipinski definition) is 3. The SMILES string of the molecule is C[C@@H]1C[C@H]2C(=O)N(Cc3ccccn3)C(=O)[C@@H]12. The van der Waals surface area contributed by atoms with E-state index < -0.39 is 0 Å². The molecule has 1 saturated heterocycles. The van der Waals surface area contributed by atoms with E-state index in [1.165, 1.54) is 4.90 Å². The number of carbonyl (C=O) groups is 2. The third-order valence-corrected chi connectivity index (χ3v) is 3.85. The fourth-order valence-electron chi connectivity index (χ4n) is 2.86. The number of amides is 2. The van der Waals surface area contributed by atoms with Crippen LogP contribution in [0.25, 0.3) is 0 Å². The minimum atomic E-state index is -0.0637. The van der Waals surface area contributed by atoms with Crippen molar-refractivity contribution in [3.63, 3.8) is 0 Å². The molecule has 88 valence electrons. The van der Waals surface area contributed by atoms with Crippen LogP contribution in [0.1, 0.15) is 19.0 Å². The van der Waals surface area contributed by atoms with Crippen LogP contribution in [-0.4, -0.2) is 21.7 Å². The average Bonchev–Trinajstić information content (AvgIpc) is 2.50. The summed E-state index contributed by atoms with van der Waals surface area (Å²) in [4.78, 5) is 29.6. The normalized spacial score (nSPS) is 31.4. The Kier molecular flexibility index (Phi) is 2.24. The zero-order chi connectivity index (χ0) is 12.0. The lowest BCUT2D eigenvalue weighted by molar-refractivity contribution is -0.140. The van der Waals surface area contributed by atoms with Gasteiger partial charge in [0.2, 0.25) is 11.8 Å². The second kappa shape index (κ2) is 3.65. The smallest absolute Gasteiger partial charge is 0.233 e. The van der Waals surface area contributed by atoms with Crippen LogP contribution in [-0.2, 0) is 16.1 Å². The third kappa shape index (κ3) is 1.47. The van der Waals surface area contributed by atoms with Gasteiger partial charge in [-0.15, -0.1) is 0 Å². The molecule has 3 atom stereocenters. The molecule has 1 aromatic rings. The highest BCUT2D eigenvalue weighted by Gasteiger charge is 2.56. The van der Waals surface area contributed by atoms with Gasteiger partial charge < -0.3 is 0 Å². The van der Waals surface area contributed by atoms with Crippen molar-refractivity contribution in [1.82, 2.24) is 9.88 Å². The molecule has 1 aliphatic carbocycles. The van der Waals surface area contributed by atoms with Crippen LogP contribution >= 0.6 is 0 Å². The van der Waals surface area contributed by atoms with Crippen LogP contribution in [0.15, 0.2) is 24.4 Å². The summed E-state index contributed by atoms with van der Waals surface area (Å²) in [7, 11) is 0. The molecule has 4 heteroatoms. The van der Waals surface area contributed by atoms with Gasteiger partial charge in [-0.1, -0.05) is 13.0 Å². The van der Waals surface area contributed by atoms with Crippen molar-refractivity contribution in [2.24, 2.45) is 17.8 Å². The highest BCUT2D eigenvalue weighted by atomic mass is 16.2. The van der Waals surface area contributed by atoms with Crippen molar-refractivity contribution in [1.29, 1.82) is 0 Å². The molecule has 0 unspecified atom stereocenters. The number of carbonyl (C=O) groups excluding carboxylic acids is 2. The zero-order valence-electron chi connectivity index (χ0n) is 9.67. The summed E-state index contributed by atoms with van der Waals surface area (Å²) in [6, 6.07) is 5.53. The maximum Gasteiger partial charge on any atom is 0.233 e. The lowest BCUT2D eigenvalue weighted by Gasteiger charge is -2.33. The predicted molar refractivity (Wildman–Crippen MR) is 60.6 cm³/mol. The molecular weight excluding hydrogens is 216 g/mol. The monoisotopic (exact) mass is 230 g/mol. The van der Waals surface area contributed by atoms with Gasteiger partial charge in [0.15, 0.2) is 0 Å². The molecule has 4 nitrogen and oxygen atoms in total. The molecule has 2 fully saturated rings. The largest absolute Gasteiger partial charge is 0.276 e. The molecule has 2 aliphatic rings. The Balaban J connectivity index is 1.81.